The highest BCUT2D eigenvalue weighted by atomic mass is 32.2. The van der Waals surface area contributed by atoms with Crippen LogP contribution in [0.4, 0.5) is 0 Å². The quantitative estimate of drug-likeness (QED) is 0.123. The lowest BCUT2D eigenvalue weighted by molar-refractivity contribution is -0.142. The van der Waals surface area contributed by atoms with E-state index in [9.17, 15) is 29.1 Å². The van der Waals surface area contributed by atoms with Crippen molar-refractivity contribution >= 4 is 54.1 Å². The SMILES string of the molecule is CSCCC(NC(=O)C(CS)NC(=O)C(Cc1cnc[nH]1)NC(=O)C(N)CC(=O)O)C(=O)O. The minimum absolute atomic E-state index is 0.0518. The molecular weight excluding hydrogens is 476 g/mol. The number of nitrogens with one attached hydrogen (secondary N) is 4. The Kier molecular flexibility index (Phi) is 12.3. The summed E-state index contributed by atoms with van der Waals surface area (Å²) in [4.78, 5) is 66.5. The number of hydrogen-bond donors (Lipinski definition) is 8. The number of imidazole rings is 1. The number of nitrogens with two attached hydrogens (primary N) is 1. The minimum atomic E-state index is -1.39. The Morgan fingerprint density at radius 2 is 1.70 bits per heavy atom. The number of carbonyl (C=O) groups is 5. The van der Waals surface area contributed by atoms with E-state index >= 15 is 0 Å². The molecule has 15 heteroatoms. The van der Waals surface area contributed by atoms with E-state index in [2.05, 4.69) is 38.5 Å². The number of H-pyrrole nitrogens is 1. The van der Waals surface area contributed by atoms with Crippen molar-refractivity contribution in [1.29, 1.82) is 0 Å². The van der Waals surface area contributed by atoms with Crippen molar-refractivity contribution in [3.8, 4) is 0 Å². The predicted octanol–water partition coefficient (Wildman–Crippen LogP) is -2.02. The molecule has 184 valence electrons. The second kappa shape index (κ2) is 14.4. The van der Waals surface area contributed by atoms with E-state index < -0.39 is 60.2 Å². The van der Waals surface area contributed by atoms with E-state index in [0.29, 0.717) is 11.4 Å². The first-order chi connectivity index (χ1) is 15.6. The minimum Gasteiger partial charge on any atom is -0.481 e. The number of carbonyl (C=O) groups excluding carboxylic acids is 3. The van der Waals surface area contributed by atoms with Gasteiger partial charge in [-0.3, -0.25) is 19.2 Å². The molecule has 13 nitrogen and oxygen atoms in total. The molecule has 3 amide bonds. The monoisotopic (exact) mass is 504 g/mol. The Morgan fingerprint density at radius 3 is 2.21 bits per heavy atom. The molecule has 1 rings (SSSR count). The number of carboxylic acid groups (broad SMARTS) is 2. The molecule has 0 aliphatic carbocycles. The van der Waals surface area contributed by atoms with Gasteiger partial charge in [-0.25, -0.2) is 9.78 Å². The number of thiol groups is 1. The summed E-state index contributed by atoms with van der Waals surface area (Å²) in [6.07, 6.45) is 4.09. The Balaban J connectivity index is 2.91. The molecule has 0 fully saturated rings. The Labute approximate surface area is 199 Å². The number of aliphatic carboxylic acids is 2. The number of thioether (sulfide) groups is 1. The van der Waals surface area contributed by atoms with Crippen LogP contribution in [0.2, 0.25) is 0 Å². The van der Waals surface area contributed by atoms with Gasteiger partial charge in [-0.1, -0.05) is 0 Å². The van der Waals surface area contributed by atoms with Crippen LogP contribution >= 0.6 is 24.4 Å². The molecule has 1 heterocycles. The summed E-state index contributed by atoms with van der Waals surface area (Å²) in [5, 5.41) is 25.3. The summed E-state index contributed by atoms with van der Waals surface area (Å²) in [7, 11) is 0. The smallest absolute Gasteiger partial charge is 0.326 e. The number of hydrogen-bond acceptors (Lipinski definition) is 9. The average Bonchev–Trinajstić information content (AvgIpc) is 3.26. The summed E-state index contributed by atoms with van der Waals surface area (Å²) in [5.74, 6) is -4.52. The largest absolute Gasteiger partial charge is 0.481 e. The number of aromatic nitrogens is 2. The van der Waals surface area contributed by atoms with Gasteiger partial charge in [0.1, 0.15) is 18.1 Å². The fraction of sp³-hybridized carbons (Fsp3) is 0.556. The standard InChI is InChI=1S/C18H28N6O7S2/c1-33-3-2-11(18(30)31)22-17(29)13(7-32)24-16(28)12(4-9-6-20-8-21-9)23-15(27)10(19)5-14(25)26/h6,8,10-13,32H,2-5,7,19H2,1H3,(H,20,21)(H,22,29)(H,23,27)(H,24,28)(H,25,26)(H,30,31). The van der Waals surface area contributed by atoms with Crippen LogP contribution in [0.3, 0.4) is 0 Å². The molecule has 33 heavy (non-hydrogen) atoms. The number of carboxylic acids is 2. The maximum atomic E-state index is 12.9. The molecule has 1 aromatic heterocycles. The zero-order valence-corrected chi connectivity index (χ0v) is 19.5. The fourth-order valence-electron chi connectivity index (χ4n) is 2.62. The van der Waals surface area contributed by atoms with E-state index in [0.717, 1.165) is 0 Å². The van der Waals surface area contributed by atoms with Crippen molar-refractivity contribution in [2.45, 2.75) is 43.4 Å². The summed E-state index contributed by atoms with van der Waals surface area (Å²) < 4.78 is 0. The van der Waals surface area contributed by atoms with Crippen LogP contribution in [-0.2, 0) is 30.4 Å². The van der Waals surface area contributed by atoms with Crippen molar-refractivity contribution in [2.24, 2.45) is 5.73 Å². The molecule has 0 aromatic carbocycles. The second-order valence-electron chi connectivity index (χ2n) is 6.97. The molecule has 0 aliphatic rings. The van der Waals surface area contributed by atoms with Gasteiger partial charge >= 0.3 is 11.9 Å². The average molecular weight is 505 g/mol. The molecule has 4 unspecified atom stereocenters. The maximum absolute atomic E-state index is 12.9. The summed E-state index contributed by atoms with van der Waals surface area (Å²) in [5.41, 5.74) is 6.04. The second-order valence-corrected chi connectivity index (χ2v) is 8.32. The zero-order valence-electron chi connectivity index (χ0n) is 17.8. The molecule has 0 aliphatic heterocycles. The van der Waals surface area contributed by atoms with E-state index in [1.165, 1.54) is 24.3 Å². The van der Waals surface area contributed by atoms with Crippen molar-refractivity contribution in [3.05, 3.63) is 18.2 Å². The van der Waals surface area contributed by atoms with Gasteiger partial charge in [-0.2, -0.15) is 24.4 Å². The first-order valence-electron chi connectivity index (χ1n) is 9.77. The van der Waals surface area contributed by atoms with E-state index in [4.69, 9.17) is 10.8 Å². The topological polar surface area (TPSA) is 217 Å². The van der Waals surface area contributed by atoms with Crippen LogP contribution in [0.1, 0.15) is 18.5 Å². The number of aromatic amines is 1. The van der Waals surface area contributed by atoms with Crippen molar-refractivity contribution in [1.82, 2.24) is 25.9 Å². The van der Waals surface area contributed by atoms with Gasteiger partial charge in [0.25, 0.3) is 0 Å². The third-order valence-electron chi connectivity index (χ3n) is 4.38. The number of amides is 3. The Morgan fingerprint density at radius 1 is 1.09 bits per heavy atom. The van der Waals surface area contributed by atoms with Gasteiger partial charge in [0.05, 0.1) is 18.8 Å². The lowest BCUT2D eigenvalue weighted by Crippen LogP contribution is -2.58. The first kappa shape index (κ1) is 28.3. The third kappa shape index (κ3) is 10.1. The molecule has 0 bridgehead atoms. The van der Waals surface area contributed by atoms with E-state index in [1.54, 1.807) is 6.26 Å². The fourth-order valence-corrected chi connectivity index (χ4v) is 3.35. The Bertz CT molecular complexity index is 823. The highest BCUT2D eigenvalue weighted by Crippen LogP contribution is 2.04. The van der Waals surface area contributed by atoms with Gasteiger partial charge in [-0.05, 0) is 18.4 Å². The third-order valence-corrected chi connectivity index (χ3v) is 5.39. The molecule has 8 N–H and O–H groups in total. The van der Waals surface area contributed by atoms with Crippen LogP contribution in [0.5, 0.6) is 0 Å². The molecule has 0 saturated heterocycles. The molecule has 0 radical (unpaired) electrons. The van der Waals surface area contributed by atoms with Crippen LogP contribution < -0.4 is 21.7 Å². The van der Waals surface area contributed by atoms with Crippen molar-refractivity contribution < 1.29 is 34.2 Å². The normalized spacial score (nSPS) is 14.4. The highest BCUT2D eigenvalue weighted by Gasteiger charge is 2.30. The molecular formula is C18H28N6O7S2. The van der Waals surface area contributed by atoms with Gasteiger partial charge in [0, 0.05) is 24.1 Å². The van der Waals surface area contributed by atoms with Gasteiger partial charge in [0.2, 0.25) is 17.7 Å². The molecule has 1 aromatic rings. The zero-order chi connectivity index (χ0) is 25.0. The van der Waals surface area contributed by atoms with Crippen LogP contribution in [0.15, 0.2) is 12.5 Å². The van der Waals surface area contributed by atoms with Crippen molar-refractivity contribution in [2.75, 3.05) is 17.8 Å². The maximum Gasteiger partial charge on any atom is 0.326 e. The number of nitrogens with zero attached hydrogens (tertiary/aromatic N) is 1. The first-order valence-corrected chi connectivity index (χ1v) is 11.8. The lowest BCUT2D eigenvalue weighted by atomic mass is 10.1. The summed E-state index contributed by atoms with van der Waals surface area (Å²) in [6, 6.07) is -4.94. The van der Waals surface area contributed by atoms with E-state index in [-0.39, 0.29) is 18.6 Å². The van der Waals surface area contributed by atoms with Crippen molar-refractivity contribution in [3.63, 3.8) is 0 Å². The van der Waals surface area contributed by atoms with Crippen LogP contribution in [-0.4, -0.2) is 91.8 Å². The van der Waals surface area contributed by atoms with Gasteiger partial charge in [-0.15, -0.1) is 0 Å². The molecule has 0 saturated carbocycles. The van der Waals surface area contributed by atoms with Gasteiger partial charge in [0.15, 0.2) is 0 Å². The highest BCUT2D eigenvalue weighted by molar-refractivity contribution is 7.98. The summed E-state index contributed by atoms with van der Waals surface area (Å²) >= 11 is 5.48. The van der Waals surface area contributed by atoms with Crippen LogP contribution in [0, 0.1) is 0 Å². The molecule has 0 spiro atoms. The number of rotatable bonds is 15. The predicted molar refractivity (Wildman–Crippen MR) is 123 cm³/mol. The Hall–Kier alpha value is -2.78. The lowest BCUT2D eigenvalue weighted by Gasteiger charge is -2.24. The van der Waals surface area contributed by atoms with E-state index in [1.807, 2.05) is 0 Å². The molecule has 4 atom stereocenters. The summed E-state index contributed by atoms with van der Waals surface area (Å²) in [6.45, 7) is 0. The van der Waals surface area contributed by atoms with Gasteiger partial charge < -0.3 is 36.9 Å². The van der Waals surface area contributed by atoms with Crippen LogP contribution in [0.25, 0.3) is 0 Å².